The van der Waals surface area contributed by atoms with Gasteiger partial charge in [0.15, 0.2) is 0 Å². The third-order valence-electron chi connectivity index (χ3n) is 1.46. The minimum Gasteiger partial charge on any atom is -0.304 e. The van der Waals surface area contributed by atoms with E-state index in [1.165, 1.54) is 0 Å². The Labute approximate surface area is 68.0 Å². The maximum Gasteiger partial charge on any atom is 0.101 e. The Morgan fingerprint density at radius 1 is 1.36 bits per heavy atom. The number of hydrogen-bond donors (Lipinski definition) is 1. The summed E-state index contributed by atoms with van der Waals surface area (Å²) in [5.74, 6) is 0.138. The van der Waals surface area contributed by atoms with Gasteiger partial charge in [-0.05, 0) is 19.8 Å². The maximum absolute atomic E-state index is 8.67. The topological polar surface area (TPSA) is 47.6 Å². The zero-order chi connectivity index (χ0) is 9.02. The predicted molar refractivity (Wildman–Crippen MR) is 46.6 cm³/mol. The van der Waals surface area contributed by atoms with E-state index in [1.807, 2.05) is 33.8 Å². The molecule has 0 aliphatic heterocycles. The van der Waals surface area contributed by atoms with Gasteiger partial charge in [0.25, 0.3) is 0 Å². The van der Waals surface area contributed by atoms with E-state index < -0.39 is 0 Å². The van der Waals surface area contributed by atoms with E-state index in [1.54, 1.807) is 0 Å². The standard InChI is InChI=1S/C9H14N2/c1-6(2)8(5-10)9(11)7(3)4/h7,11H,1-4H3. The molecular formula is C9H14N2. The van der Waals surface area contributed by atoms with Gasteiger partial charge in [-0.3, -0.25) is 0 Å². The molecular weight excluding hydrogens is 136 g/mol. The molecule has 0 aliphatic rings. The van der Waals surface area contributed by atoms with Gasteiger partial charge in [-0.25, -0.2) is 0 Å². The minimum absolute atomic E-state index is 0.138. The molecule has 60 valence electrons. The highest BCUT2D eigenvalue weighted by Gasteiger charge is 2.09. The summed E-state index contributed by atoms with van der Waals surface area (Å²) in [6, 6.07) is 2.04. The zero-order valence-corrected chi connectivity index (χ0v) is 7.52. The Kier molecular flexibility index (Phi) is 3.53. The second kappa shape index (κ2) is 3.92. The van der Waals surface area contributed by atoms with E-state index in [-0.39, 0.29) is 5.92 Å². The molecule has 0 radical (unpaired) electrons. The van der Waals surface area contributed by atoms with Gasteiger partial charge in [0, 0.05) is 0 Å². The summed E-state index contributed by atoms with van der Waals surface area (Å²) >= 11 is 0. The summed E-state index contributed by atoms with van der Waals surface area (Å²) in [5.41, 5.74) is 1.89. The van der Waals surface area contributed by atoms with Gasteiger partial charge in [0.05, 0.1) is 11.3 Å². The Morgan fingerprint density at radius 2 is 1.82 bits per heavy atom. The van der Waals surface area contributed by atoms with Crippen LogP contribution in [-0.4, -0.2) is 5.71 Å². The Hall–Kier alpha value is -1.10. The monoisotopic (exact) mass is 150 g/mol. The average molecular weight is 150 g/mol. The summed E-state index contributed by atoms with van der Waals surface area (Å²) in [6.45, 7) is 7.55. The summed E-state index contributed by atoms with van der Waals surface area (Å²) < 4.78 is 0. The molecule has 0 bridgehead atoms. The molecule has 2 heteroatoms. The van der Waals surface area contributed by atoms with Crippen molar-refractivity contribution in [1.29, 1.82) is 10.7 Å². The number of nitrogens with one attached hydrogen (secondary N) is 1. The fraction of sp³-hybridized carbons (Fsp3) is 0.556. The first-order valence-electron chi connectivity index (χ1n) is 3.67. The lowest BCUT2D eigenvalue weighted by Crippen LogP contribution is -2.09. The maximum atomic E-state index is 8.67. The van der Waals surface area contributed by atoms with Crippen molar-refractivity contribution in [3.63, 3.8) is 0 Å². The van der Waals surface area contributed by atoms with Crippen molar-refractivity contribution >= 4 is 5.71 Å². The molecule has 2 nitrogen and oxygen atoms in total. The van der Waals surface area contributed by atoms with Gasteiger partial charge < -0.3 is 5.41 Å². The third-order valence-corrected chi connectivity index (χ3v) is 1.46. The third kappa shape index (κ3) is 2.55. The first-order chi connectivity index (χ1) is 5.00. The van der Waals surface area contributed by atoms with Crippen molar-refractivity contribution in [1.82, 2.24) is 0 Å². The molecule has 0 fully saturated rings. The fourth-order valence-corrected chi connectivity index (χ4v) is 0.730. The SMILES string of the molecule is CC(C)=C(C#N)C(=N)C(C)C. The van der Waals surface area contributed by atoms with Crippen LogP contribution in [0.5, 0.6) is 0 Å². The highest BCUT2D eigenvalue weighted by atomic mass is 14.4. The lowest BCUT2D eigenvalue weighted by atomic mass is 9.98. The first kappa shape index (κ1) is 9.90. The van der Waals surface area contributed by atoms with E-state index >= 15 is 0 Å². The lowest BCUT2D eigenvalue weighted by Gasteiger charge is -2.06. The summed E-state index contributed by atoms with van der Waals surface area (Å²) in [7, 11) is 0. The molecule has 0 amide bonds. The molecule has 0 unspecified atom stereocenters. The molecule has 0 atom stereocenters. The molecule has 0 spiro atoms. The van der Waals surface area contributed by atoms with Crippen molar-refractivity contribution in [3.05, 3.63) is 11.1 Å². The number of nitriles is 1. The van der Waals surface area contributed by atoms with Crippen LogP contribution in [0.15, 0.2) is 11.1 Å². The Morgan fingerprint density at radius 3 is 1.91 bits per heavy atom. The van der Waals surface area contributed by atoms with E-state index in [2.05, 4.69) is 0 Å². The highest BCUT2D eigenvalue weighted by Crippen LogP contribution is 2.09. The van der Waals surface area contributed by atoms with Gasteiger partial charge in [-0.15, -0.1) is 0 Å². The van der Waals surface area contributed by atoms with Crippen molar-refractivity contribution in [2.45, 2.75) is 27.7 Å². The molecule has 0 aliphatic carbocycles. The summed E-state index contributed by atoms with van der Waals surface area (Å²) in [6.07, 6.45) is 0. The van der Waals surface area contributed by atoms with Crippen LogP contribution in [0, 0.1) is 22.7 Å². The summed E-state index contributed by atoms with van der Waals surface area (Å²) in [5, 5.41) is 16.2. The fourth-order valence-electron chi connectivity index (χ4n) is 0.730. The highest BCUT2D eigenvalue weighted by molar-refractivity contribution is 6.02. The van der Waals surface area contributed by atoms with Gasteiger partial charge in [-0.1, -0.05) is 19.4 Å². The molecule has 0 saturated heterocycles. The van der Waals surface area contributed by atoms with Crippen LogP contribution >= 0.6 is 0 Å². The van der Waals surface area contributed by atoms with Crippen molar-refractivity contribution in [2.75, 3.05) is 0 Å². The van der Waals surface area contributed by atoms with Crippen LogP contribution in [0.25, 0.3) is 0 Å². The average Bonchev–Trinajstić information content (AvgIpc) is 1.88. The largest absolute Gasteiger partial charge is 0.304 e. The number of allylic oxidation sites excluding steroid dienone is 2. The van der Waals surface area contributed by atoms with Crippen LogP contribution in [-0.2, 0) is 0 Å². The molecule has 0 aromatic rings. The van der Waals surface area contributed by atoms with E-state index in [0.29, 0.717) is 11.3 Å². The van der Waals surface area contributed by atoms with Crippen molar-refractivity contribution < 1.29 is 0 Å². The molecule has 1 N–H and O–H groups in total. The van der Waals surface area contributed by atoms with E-state index in [0.717, 1.165) is 5.57 Å². The van der Waals surface area contributed by atoms with Crippen LogP contribution in [0.2, 0.25) is 0 Å². The smallest absolute Gasteiger partial charge is 0.101 e. The van der Waals surface area contributed by atoms with Crippen molar-refractivity contribution in [3.8, 4) is 6.07 Å². The molecule has 0 aromatic carbocycles. The van der Waals surface area contributed by atoms with Crippen molar-refractivity contribution in [2.24, 2.45) is 5.92 Å². The second-order valence-corrected chi connectivity index (χ2v) is 3.06. The summed E-state index contributed by atoms with van der Waals surface area (Å²) in [4.78, 5) is 0. The lowest BCUT2D eigenvalue weighted by molar-refractivity contribution is 0.876. The van der Waals surface area contributed by atoms with Gasteiger partial charge in [0.1, 0.15) is 6.07 Å². The second-order valence-electron chi connectivity index (χ2n) is 3.06. The first-order valence-corrected chi connectivity index (χ1v) is 3.67. The molecule has 0 heterocycles. The molecule has 11 heavy (non-hydrogen) atoms. The molecule has 0 aromatic heterocycles. The van der Waals surface area contributed by atoms with E-state index in [9.17, 15) is 0 Å². The Bertz CT molecular complexity index is 224. The number of nitrogens with zero attached hydrogens (tertiary/aromatic N) is 1. The Balaban J connectivity index is 4.73. The van der Waals surface area contributed by atoms with Gasteiger partial charge >= 0.3 is 0 Å². The zero-order valence-electron chi connectivity index (χ0n) is 7.52. The quantitative estimate of drug-likeness (QED) is 0.477. The van der Waals surface area contributed by atoms with Gasteiger partial charge in [-0.2, -0.15) is 5.26 Å². The minimum atomic E-state index is 0.138. The van der Waals surface area contributed by atoms with E-state index in [4.69, 9.17) is 10.7 Å². The normalized spacial score (nSPS) is 9.09. The van der Waals surface area contributed by atoms with Crippen LogP contribution < -0.4 is 0 Å². The van der Waals surface area contributed by atoms with Crippen LogP contribution in [0.3, 0.4) is 0 Å². The molecule has 0 rings (SSSR count). The number of hydrogen-bond acceptors (Lipinski definition) is 2. The number of rotatable bonds is 2. The van der Waals surface area contributed by atoms with Crippen LogP contribution in [0.4, 0.5) is 0 Å². The van der Waals surface area contributed by atoms with Gasteiger partial charge in [0.2, 0.25) is 0 Å². The van der Waals surface area contributed by atoms with Crippen LogP contribution in [0.1, 0.15) is 27.7 Å². The molecule has 0 saturated carbocycles. The predicted octanol–water partition coefficient (Wildman–Crippen LogP) is 2.52.